The van der Waals surface area contributed by atoms with Crippen LogP contribution < -0.4 is 10.6 Å². The van der Waals surface area contributed by atoms with E-state index in [0.29, 0.717) is 12.6 Å². The van der Waals surface area contributed by atoms with Crippen LogP contribution in [0.3, 0.4) is 0 Å². The van der Waals surface area contributed by atoms with Crippen molar-refractivity contribution in [1.29, 1.82) is 0 Å². The van der Waals surface area contributed by atoms with Crippen molar-refractivity contribution in [2.24, 2.45) is 5.73 Å². The lowest BCUT2D eigenvalue weighted by Crippen LogP contribution is -2.37. The Morgan fingerprint density at radius 1 is 1.29 bits per heavy atom. The Bertz CT molecular complexity index is 345. The molecule has 0 saturated heterocycles. The molecule has 0 bridgehead atoms. The van der Waals surface area contributed by atoms with Gasteiger partial charge in [-0.15, -0.1) is 0 Å². The van der Waals surface area contributed by atoms with Gasteiger partial charge >= 0.3 is 0 Å². The quantitative estimate of drug-likeness (QED) is 0.869. The van der Waals surface area contributed by atoms with Crippen molar-refractivity contribution in [2.75, 3.05) is 11.4 Å². The van der Waals surface area contributed by atoms with Crippen molar-refractivity contribution in [2.45, 2.75) is 51.6 Å². The summed E-state index contributed by atoms with van der Waals surface area (Å²) in [7, 11) is 0. The van der Waals surface area contributed by atoms with E-state index < -0.39 is 0 Å². The van der Waals surface area contributed by atoms with E-state index >= 15 is 0 Å². The molecule has 17 heavy (non-hydrogen) atoms. The van der Waals surface area contributed by atoms with Crippen molar-refractivity contribution < 1.29 is 0 Å². The molecular formula is C14H23N3. The van der Waals surface area contributed by atoms with Gasteiger partial charge in [0.15, 0.2) is 0 Å². The highest BCUT2D eigenvalue weighted by Gasteiger charge is 2.20. The Labute approximate surface area is 104 Å². The third-order valence-corrected chi connectivity index (χ3v) is 3.65. The van der Waals surface area contributed by atoms with Gasteiger partial charge < -0.3 is 10.6 Å². The molecule has 1 aromatic heterocycles. The van der Waals surface area contributed by atoms with E-state index in [1.54, 1.807) is 0 Å². The van der Waals surface area contributed by atoms with E-state index in [4.69, 9.17) is 5.73 Å². The Balaban J connectivity index is 2.15. The van der Waals surface area contributed by atoms with Crippen LogP contribution in [-0.4, -0.2) is 17.6 Å². The maximum Gasteiger partial charge on any atom is 0.129 e. The van der Waals surface area contributed by atoms with Crippen LogP contribution in [-0.2, 0) is 6.54 Å². The highest BCUT2D eigenvalue weighted by Crippen LogP contribution is 2.26. The number of hydrogen-bond donors (Lipinski definition) is 1. The van der Waals surface area contributed by atoms with Gasteiger partial charge in [0.05, 0.1) is 5.69 Å². The molecule has 2 N–H and O–H groups in total. The van der Waals surface area contributed by atoms with Crippen LogP contribution >= 0.6 is 0 Å². The van der Waals surface area contributed by atoms with Crippen molar-refractivity contribution in [3.63, 3.8) is 0 Å². The first kappa shape index (κ1) is 12.4. The monoisotopic (exact) mass is 233 g/mol. The molecule has 0 spiro atoms. The number of pyridine rings is 1. The van der Waals surface area contributed by atoms with Crippen LogP contribution in [0.25, 0.3) is 0 Å². The van der Waals surface area contributed by atoms with E-state index in [-0.39, 0.29) is 0 Å². The highest BCUT2D eigenvalue weighted by molar-refractivity contribution is 5.40. The van der Waals surface area contributed by atoms with Crippen molar-refractivity contribution >= 4 is 5.82 Å². The Morgan fingerprint density at radius 3 is 2.71 bits per heavy atom. The van der Waals surface area contributed by atoms with Crippen LogP contribution in [0.1, 0.15) is 44.7 Å². The molecule has 1 saturated carbocycles. The number of anilines is 1. The van der Waals surface area contributed by atoms with E-state index in [2.05, 4.69) is 28.9 Å². The summed E-state index contributed by atoms with van der Waals surface area (Å²) in [6.07, 6.45) is 6.73. The third-order valence-electron chi connectivity index (χ3n) is 3.65. The molecule has 0 atom stereocenters. The van der Waals surface area contributed by atoms with Crippen LogP contribution in [0.4, 0.5) is 5.82 Å². The molecule has 0 unspecified atom stereocenters. The second-order valence-electron chi connectivity index (χ2n) is 4.77. The van der Waals surface area contributed by atoms with Gasteiger partial charge in [-0.3, -0.25) is 0 Å². The van der Waals surface area contributed by atoms with Gasteiger partial charge in [0.2, 0.25) is 0 Å². The maximum atomic E-state index is 5.66. The fraction of sp³-hybridized carbons (Fsp3) is 0.643. The molecule has 1 fully saturated rings. The Morgan fingerprint density at radius 2 is 2.06 bits per heavy atom. The van der Waals surface area contributed by atoms with Crippen molar-refractivity contribution in [3.8, 4) is 0 Å². The van der Waals surface area contributed by atoms with Crippen molar-refractivity contribution in [3.05, 3.63) is 23.9 Å². The summed E-state index contributed by atoms with van der Waals surface area (Å²) in [6, 6.07) is 6.85. The molecular weight excluding hydrogens is 210 g/mol. The first-order valence-corrected chi connectivity index (χ1v) is 6.77. The standard InChI is InChI=1S/C14H23N3/c1-2-17(13-8-4-3-5-9-13)14-10-6-7-12(11-15)16-14/h6-7,10,13H,2-5,8-9,11,15H2,1H3. The summed E-state index contributed by atoms with van der Waals surface area (Å²) in [5.41, 5.74) is 6.64. The molecule has 2 rings (SSSR count). The summed E-state index contributed by atoms with van der Waals surface area (Å²) in [5, 5.41) is 0. The SMILES string of the molecule is CCN(c1cccc(CN)n1)C1CCCCC1. The molecule has 1 heterocycles. The minimum Gasteiger partial charge on any atom is -0.354 e. The highest BCUT2D eigenvalue weighted by atomic mass is 15.2. The lowest BCUT2D eigenvalue weighted by molar-refractivity contribution is 0.416. The molecule has 1 aliphatic carbocycles. The fourth-order valence-electron chi connectivity index (χ4n) is 2.74. The van der Waals surface area contributed by atoms with E-state index in [9.17, 15) is 0 Å². The molecule has 94 valence electrons. The number of rotatable bonds is 4. The zero-order valence-electron chi connectivity index (χ0n) is 10.7. The molecule has 0 aliphatic heterocycles. The molecule has 3 heteroatoms. The number of nitrogens with two attached hydrogens (primary N) is 1. The van der Waals surface area contributed by atoms with Gasteiger partial charge in [0, 0.05) is 19.1 Å². The molecule has 1 aromatic rings. The lowest BCUT2D eigenvalue weighted by atomic mass is 9.94. The van der Waals surface area contributed by atoms with Crippen LogP contribution in [0.2, 0.25) is 0 Å². The van der Waals surface area contributed by atoms with Crippen LogP contribution in [0.5, 0.6) is 0 Å². The number of aromatic nitrogens is 1. The lowest BCUT2D eigenvalue weighted by Gasteiger charge is -2.34. The van der Waals surface area contributed by atoms with Gasteiger partial charge in [-0.05, 0) is 31.9 Å². The predicted octanol–water partition coefficient (Wildman–Crippen LogP) is 2.70. The number of nitrogens with zero attached hydrogens (tertiary/aromatic N) is 2. The largest absolute Gasteiger partial charge is 0.354 e. The maximum absolute atomic E-state index is 5.66. The first-order chi connectivity index (χ1) is 8.35. The first-order valence-electron chi connectivity index (χ1n) is 6.77. The molecule has 0 aromatic carbocycles. The Kier molecular flexibility index (Phi) is 4.37. The zero-order valence-corrected chi connectivity index (χ0v) is 10.7. The minimum absolute atomic E-state index is 0.524. The fourth-order valence-corrected chi connectivity index (χ4v) is 2.74. The summed E-state index contributed by atoms with van der Waals surface area (Å²) in [6.45, 7) is 3.77. The summed E-state index contributed by atoms with van der Waals surface area (Å²) in [5.74, 6) is 1.10. The molecule has 0 radical (unpaired) electrons. The van der Waals surface area contributed by atoms with Crippen LogP contribution in [0, 0.1) is 0 Å². The minimum atomic E-state index is 0.524. The summed E-state index contributed by atoms with van der Waals surface area (Å²) < 4.78 is 0. The third kappa shape index (κ3) is 2.97. The smallest absolute Gasteiger partial charge is 0.129 e. The molecule has 3 nitrogen and oxygen atoms in total. The van der Waals surface area contributed by atoms with Gasteiger partial charge in [0.25, 0.3) is 0 Å². The average molecular weight is 233 g/mol. The van der Waals surface area contributed by atoms with E-state index in [1.165, 1.54) is 32.1 Å². The Hall–Kier alpha value is -1.09. The summed E-state index contributed by atoms with van der Waals surface area (Å²) >= 11 is 0. The predicted molar refractivity (Wildman–Crippen MR) is 72.0 cm³/mol. The van der Waals surface area contributed by atoms with E-state index in [1.807, 2.05) is 6.07 Å². The number of hydrogen-bond acceptors (Lipinski definition) is 3. The summed E-state index contributed by atoms with van der Waals surface area (Å²) in [4.78, 5) is 7.08. The van der Waals surface area contributed by atoms with Gasteiger partial charge in [-0.25, -0.2) is 4.98 Å². The van der Waals surface area contributed by atoms with Gasteiger partial charge in [-0.2, -0.15) is 0 Å². The second-order valence-corrected chi connectivity index (χ2v) is 4.77. The average Bonchev–Trinajstić information content (AvgIpc) is 2.41. The van der Waals surface area contributed by atoms with E-state index in [0.717, 1.165) is 18.1 Å². The normalized spacial score (nSPS) is 17.1. The molecule has 1 aliphatic rings. The second kappa shape index (κ2) is 6.01. The van der Waals surface area contributed by atoms with Gasteiger partial charge in [-0.1, -0.05) is 25.3 Å². The van der Waals surface area contributed by atoms with Crippen molar-refractivity contribution in [1.82, 2.24) is 4.98 Å². The molecule has 0 amide bonds. The van der Waals surface area contributed by atoms with Gasteiger partial charge in [0.1, 0.15) is 5.82 Å². The topological polar surface area (TPSA) is 42.1 Å². The zero-order chi connectivity index (χ0) is 12.1. The van der Waals surface area contributed by atoms with Crippen LogP contribution in [0.15, 0.2) is 18.2 Å².